The van der Waals surface area contributed by atoms with Crippen molar-refractivity contribution in [1.29, 1.82) is 0 Å². The third-order valence-electron chi connectivity index (χ3n) is 6.66. The molecule has 6 heteroatoms. The summed E-state index contributed by atoms with van der Waals surface area (Å²) in [5, 5.41) is 0.692. The van der Waals surface area contributed by atoms with E-state index < -0.39 is 0 Å². The van der Waals surface area contributed by atoms with Crippen LogP contribution in [0, 0.1) is 5.92 Å². The molecule has 5 nitrogen and oxygen atoms in total. The first-order chi connectivity index (χ1) is 14.4. The van der Waals surface area contributed by atoms with Gasteiger partial charge >= 0.3 is 0 Å². The van der Waals surface area contributed by atoms with E-state index in [1.807, 2.05) is 19.1 Å². The van der Waals surface area contributed by atoms with Gasteiger partial charge in [0, 0.05) is 29.4 Å². The number of allylic oxidation sites excluding steroid dienone is 3. The minimum atomic E-state index is -0.102. The molecule has 2 aliphatic rings. The van der Waals surface area contributed by atoms with Gasteiger partial charge in [-0.25, -0.2) is 0 Å². The van der Waals surface area contributed by atoms with E-state index >= 15 is 0 Å². The Morgan fingerprint density at radius 2 is 2.20 bits per heavy atom. The highest BCUT2D eigenvalue weighted by molar-refractivity contribution is 6.29. The number of nitrogens with zero attached hydrogens (tertiary/aromatic N) is 1. The Kier molecular flexibility index (Phi) is 7.04. The number of hydrogen-bond donors (Lipinski definition) is 0. The van der Waals surface area contributed by atoms with E-state index in [4.69, 9.17) is 21.1 Å². The quantitative estimate of drug-likeness (QED) is 0.314. The topological polar surface area (TPSA) is 52.6 Å². The normalized spacial score (nSPS) is 23.6. The zero-order chi connectivity index (χ0) is 21.9. The summed E-state index contributed by atoms with van der Waals surface area (Å²) in [5.41, 5.74) is 2.55. The van der Waals surface area contributed by atoms with E-state index in [2.05, 4.69) is 20.6 Å². The number of ketones is 1. The highest BCUT2D eigenvalue weighted by atomic mass is 35.5. The second-order valence-electron chi connectivity index (χ2n) is 8.34. The summed E-state index contributed by atoms with van der Waals surface area (Å²) in [6.45, 7) is 9.71. The Morgan fingerprint density at radius 1 is 1.43 bits per heavy atom. The van der Waals surface area contributed by atoms with E-state index in [1.54, 1.807) is 6.08 Å². The van der Waals surface area contributed by atoms with Gasteiger partial charge in [0.05, 0.1) is 32.1 Å². The van der Waals surface area contributed by atoms with Crippen LogP contribution in [0.25, 0.3) is 0 Å². The van der Waals surface area contributed by atoms with Gasteiger partial charge in [0.1, 0.15) is 11.8 Å². The lowest BCUT2D eigenvalue weighted by molar-refractivity contribution is -0.939. The summed E-state index contributed by atoms with van der Waals surface area (Å²) in [5.74, 6) is 1.23. The molecular formula is C24H31ClNO4+. The molecule has 1 aromatic carbocycles. The second-order valence-corrected chi connectivity index (χ2v) is 8.78. The van der Waals surface area contributed by atoms with Crippen LogP contribution in [0.15, 0.2) is 29.8 Å². The molecule has 0 aliphatic carbocycles. The summed E-state index contributed by atoms with van der Waals surface area (Å²) in [4.78, 5) is 25.3. The van der Waals surface area contributed by atoms with Crippen molar-refractivity contribution in [1.82, 2.24) is 0 Å². The van der Waals surface area contributed by atoms with E-state index in [-0.39, 0.29) is 24.5 Å². The number of Topliss-reactive ketones (excluding diaryl/α,β-unsaturated/α-hetero) is 1. The molecule has 0 saturated carbocycles. The van der Waals surface area contributed by atoms with Crippen molar-refractivity contribution in [2.75, 3.05) is 26.9 Å². The Labute approximate surface area is 183 Å². The van der Waals surface area contributed by atoms with Crippen molar-refractivity contribution in [3.8, 4) is 11.5 Å². The number of rotatable bonds is 9. The Morgan fingerprint density at radius 3 is 2.83 bits per heavy atom. The van der Waals surface area contributed by atoms with Crippen LogP contribution < -0.4 is 9.47 Å². The maximum Gasteiger partial charge on any atom is 0.231 e. The lowest BCUT2D eigenvalue weighted by Gasteiger charge is -2.45. The van der Waals surface area contributed by atoms with Crippen LogP contribution in [0.3, 0.4) is 0 Å². The van der Waals surface area contributed by atoms with Gasteiger partial charge in [0.25, 0.3) is 0 Å². The van der Waals surface area contributed by atoms with Gasteiger partial charge in [-0.1, -0.05) is 23.8 Å². The number of fused-ring (bicyclic) bond motifs is 2. The average Bonchev–Trinajstić information content (AvgIpc) is 3.21. The number of benzene rings is 1. The van der Waals surface area contributed by atoms with Crippen molar-refractivity contribution in [2.45, 2.75) is 45.6 Å². The lowest BCUT2D eigenvalue weighted by Crippen LogP contribution is -2.52. The molecule has 162 valence electrons. The van der Waals surface area contributed by atoms with Gasteiger partial charge in [-0.05, 0) is 31.9 Å². The third kappa shape index (κ3) is 4.19. The molecule has 0 aromatic heterocycles. The van der Waals surface area contributed by atoms with Crippen LogP contribution in [0.4, 0.5) is 0 Å². The van der Waals surface area contributed by atoms with Gasteiger partial charge in [-0.2, -0.15) is 0 Å². The average molecular weight is 433 g/mol. The molecule has 30 heavy (non-hydrogen) atoms. The largest absolute Gasteiger partial charge is 0.454 e. The molecular weight excluding hydrogens is 402 g/mol. The Balaban J connectivity index is 1.97. The van der Waals surface area contributed by atoms with Crippen molar-refractivity contribution >= 4 is 23.7 Å². The zero-order valence-electron chi connectivity index (χ0n) is 18.1. The summed E-state index contributed by atoms with van der Waals surface area (Å²) >= 11 is 6.35. The summed E-state index contributed by atoms with van der Waals surface area (Å²) < 4.78 is 11.9. The van der Waals surface area contributed by atoms with Gasteiger partial charge in [-0.15, -0.1) is 6.58 Å². The van der Waals surface area contributed by atoms with E-state index in [1.165, 1.54) is 0 Å². The first kappa shape index (κ1) is 22.6. The number of ether oxygens (including phenoxy) is 2. The van der Waals surface area contributed by atoms with Crippen LogP contribution >= 0.6 is 11.6 Å². The molecule has 0 fully saturated rings. The predicted molar refractivity (Wildman–Crippen MR) is 118 cm³/mol. The highest BCUT2D eigenvalue weighted by Gasteiger charge is 2.43. The Bertz CT molecular complexity index is 878. The molecule has 0 saturated heterocycles. The van der Waals surface area contributed by atoms with Crippen LogP contribution in [0.1, 0.15) is 60.6 Å². The molecule has 0 bridgehead atoms. The maximum absolute atomic E-state index is 13.2. The monoisotopic (exact) mass is 432 g/mol. The standard InChI is InChI=1S/C24H31ClNO4/c1-5-8-16(20(25)6-2)11-18(28)13-21-23-17(9-10-26(21,4)7-3)12-22-24(19(23)14-27)30-15-29-22/h5-6,12,14,16,21H,1,7-11,13,15H2,2-4H3/q+1/b20-6+. The molecule has 3 atom stereocenters. The van der Waals surface area contributed by atoms with Crippen LogP contribution in [0.5, 0.6) is 11.5 Å². The number of halogens is 1. The molecule has 2 heterocycles. The summed E-state index contributed by atoms with van der Waals surface area (Å²) in [6, 6.07) is 1.88. The van der Waals surface area contributed by atoms with Gasteiger partial charge in [-0.3, -0.25) is 9.59 Å². The summed E-state index contributed by atoms with van der Waals surface area (Å²) in [6.07, 6.45) is 6.73. The fourth-order valence-corrected chi connectivity index (χ4v) is 4.87. The highest BCUT2D eigenvalue weighted by Crippen LogP contribution is 2.47. The molecule has 2 aliphatic heterocycles. The molecule has 0 N–H and O–H groups in total. The smallest absolute Gasteiger partial charge is 0.231 e. The first-order valence-corrected chi connectivity index (χ1v) is 10.9. The van der Waals surface area contributed by atoms with Crippen molar-refractivity contribution in [2.24, 2.45) is 5.92 Å². The van der Waals surface area contributed by atoms with Crippen LogP contribution in [-0.4, -0.2) is 43.5 Å². The number of likely N-dealkylation sites (N-methyl/N-ethyl adjacent to an activating group) is 1. The fraction of sp³-hybridized carbons (Fsp3) is 0.500. The molecule has 3 unspecified atom stereocenters. The van der Waals surface area contributed by atoms with Crippen molar-refractivity contribution in [3.63, 3.8) is 0 Å². The fourth-order valence-electron chi connectivity index (χ4n) is 4.70. The minimum Gasteiger partial charge on any atom is -0.454 e. The number of carbonyl (C=O) groups is 2. The van der Waals surface area contributed by atoms with Crippen LogP contribution in [0.2, 0.25) is 0 Å². The lowest BCUT2D eigenvalue weighted by atomic mass is 9.82. The molecule has 0 amide bonds. The molecule has 3 rings (SSSR count). The van der Waals surface area contributed by atoms with Crippen LogP contribution in [-0.2, 0) is 11.2 Å². The van der Waals surface area contributed by atoms with Gasteiger partial charge in [0.2, 0.25) is 6.79 Å². The number of quaternary nitrogens is 1. The maximum atomic E-state index is 13.2. The number of carbonyl (C=O) groups excluding carboxylic acids is 2. The number of aldehydes is 1. The molecule has 1 aromatic rings. The SMILES string of the molecule is C=CCC(CC(=O)CC1c2c(cc3c(c2C=O)OCO3)CC[N+]1(C)CC)/C(Cl)=C\C. The number of hydrogen-bond acceptors (Lipinski definition) is 4. The second kappa shape index (κ2) is 9.36. The molecule has 0 radical (unpaired) electrons. The third-order valence-corrected chi connectivity index (χ3v) is 7.18. The van der Waals surface area contributed by atoms with E-state index in [9.17, 15) is 9.59 Å². The first-order valence-electron chi connectivity index (χ1n) is 10.6. The summed E-state index contributed by atoms with van der Waals surface area (Å²) in [7, 11) is 2.17. The Hall–Kier alpha value is -2.11. The van der Waals surface area contributed by atoms with Crippen molar-refractivity contribution < 1.29 is 23.5 Å². The van der Waals surface area contributed by atoms with E-state index in [0.717, 1.165) is 36.9 Å². The van der Waals surface area contributed by atoms with Gasteiger partial charge in [0.15, 0.2) is 17.8 Å². The van der Waals surface area contributed by atoms with Gasteiger partial charge < -0.3 is 14.0 Å². The zero-order valence-corrected chi connectivity index (χ0v) is 18.8. The van der Waals surface area contributed by atoms with E-state index in [0.29, 0.717) is 45.8 Å². The molecule has 0 spiro atoms. The van der Waals surface area contributed by atoms with Crippen molar-refractivity contribution in [3.05, 3.63) is 46.5 Å². The minimum absolute atomic E-state index is 0.0487. The predicted octanol–water partition coefficient (Wildman–Crippen LogP) is 4.98.